The molecule has 19 heavy (non-hydrogen) atoms. The zero-order chi connectivity index (χ0) is 13.4. The van der Waals surface area contributed by atoms with Gasteiger partial charge < -0.3 is 0 Å². The summed E-state index contributed by atoms with van der Waals surface area (Å²) in [5.41, 5.74) is 6.19. The molecular weight excluding hydrogens is 227 g/mol. The van der Waals surface area contributed by atoms with Gasteiger partial charge in [-0.05, 0) is 0 Å². The van der Waals surface area contributed by atoms with Gasteiger partial charge in [0.15, 0.2) is 0 Å². The summed E-state index contributed by atoms with van der Waals surface area (Å²) >= 11 is 0. The van der Waals surface area contributed by atoms with Crippen LogP contribution in [0.3, 0.4) is 0 Å². The molecule has 0 spiro atoms. The van der Waals surface area contributed by atoms with Crippen molar-refractivity contribution in [1.29, 1.82) is 0 Å². The molecule has 0 aromatic heterocycles. The molecule has 0 bridgehead atoms. The molecule has 1 aromatic rings. The second-order valence-corrected chi connectivity index (χ2v) is 5.42. The standard InChI is InChI=1S/C15H18B3N/c1-3-11-12(4-2)19-14(11)17-13(18-15(19)16)10-8-6-5-7-9-10/h3-9,13-14,16-18H,1-2H3/b11-3+,12-4+. The van der Waals surface area contributed by atoms with Gasteiger partial charge in [0, 0.05) is 0 Å². The molecule has 2 aliphatic rings. The minimum absolute atomic E-state index is 0.544. The van der Waals surface area contributed by atoms with Gasteiger partial charge in [0.25, 0.3) is 0 Å². The van der Waals surface area contributed by atoms with E-state index in [0.717, 1.165) is 7.28 Å². The van der Waals surface area contributed by atoms with Crippen LogP contribution in [-0.4, -0.2) is 38.4 Å². The van der Waals surface area contributed by atoms with E-state index in [9.17, 15) is 0 Å². The van der Waals surface area contributed by atoms with Crippen molar-refractivity contribution in [2.45, 2.75) is 25.5 Å². The Morgan fingerprint density at radius 3 is 2.53 bits per heavy atom. The molecule has 0 N–H and O–H groups in total. The Morgan fingerprint density at radius 1 is 1.16 bits per heavy atom. The fraction of sp³-hybridized carbons (Fsp3) is 0.267. The van der Waals surface area contributed by atoms with Gasteiger partial charge in [0.05, 0.1) is 0 Å². The quantitative estimate of drug-likeness (QED) is 0.668. The topological polar surface area (TPSA) is 3.24 Å². The van der Waals surface area contributed by atoms with Crippen LogP contribution in [0.1, 0.15) is 25.1 Å². The van der Waals surface area contributed by atoms with E-state index in [1.54, 1.807) is 0 Å². The van der Waals surface area contributed by atoms with Crippen molar-refractivity contribution in [3.63, 3.8) is 0 Å². The first-order valence-electron chi connectivity index (χ1n) is 7.11. The summed E-state index contributed by atoms with van der Waals surface area (Å²) < 4.78 is 0. The summed E-state index contributed by atoms with van der Waals surface area (Å²) in [5, 5.41) is 0. The van der Waals surface area contributed by atoms with E-state index in [2.05, 4.69) is 68.7 Å². The van der Waals surface area contributed by atoms with Crippen molar-refractivity contribution >= 4 is 27.5 Å². The maximum atomic E-state index is 4.30. The van der Waals surface area contributed by atoms with Gasteiger partial charge in [-0.2, -0.15) is 0 Å². The van der Waals surface area contributed by atoms with E-state index in [1.165, 1.54) is 29.6 Å². The predicted molar refractivity (Wildman–Crippen MR) is 88.8 cm³/mol. The van der Waals surface area contributed by atoms with E-state index in [4.69, 9.17) is 0 Å². The molecule has 2 aliphatic heterocycles. The van der Waals surface area contributed by atoms with Gasteiger partial charge in [-0.3, -0.25) is 0 Å². The fourth-order valence-corrected chi connectivity index (χ4v) is 3.53. The van der Waals surface area contributed by atoms with Crippen LogP contribution >= 0.6 is 0 Å². The van der Waals surface area contributed by atoms with E-state index in [0.29, 0.717) is 11.7 Å². The molecule has 2 fully saturated rings. The van der Waals surface area contributed by atoms with Crippen LogP contribution in [0.4, 0.5) is 0 Å². The normalized spacial score (nSPS) is 29.5. The Balaban J connectivity index is 1.88. The Labute approximate surface area is 117 Å². The number of benzene rings is 1. The predicted octanol–water partition coefficient (Wildman–Crippen LogP) is 1.05. The summed E-state index contributed by atoms with van der Waals surface area (Å²) in [6.07, 6.45) is 4.47. The first-order valence-corrected chi connectivity index (χ1v) is 7.11. The van der Waals surface area contributed by atoms with Crippen LogP contribution in [0.5, 0.6) is 0 Å². The first-order chi connectivity index (χ1) is 9.26. The van der Waals surface area contributed by atoms with E-state index in [1.807, 2.05) is 0 Å². The molecule has 0 amide bonds. The Kier molecular flexibility index (Phi) is 3.26. The van der Waals surface area contributed by atoms with Crippen molar-refractivity contribution < 1.29 is 0 Å². The van der Waals surface area contributed by atoms with Crippen LogP contribution in [0.25, 0.3) is 0 Å². The van der Waals surface area contributed by atoms with Crippen LogP contribution in [0.15, 0.2) is 53.8 Å². The average Bonchev–Trinajstić information content (AvgIpc) is 2.42. The third kappa shape index (κ3) is 1.94. The zero-order valence-corrected chi connectivity index (χ0v) is 11.8. The molecule has 92 valence electrons. The molecule has 0 aliphatic carbocycles. The molecule has 0 radical (unpaired) electrons. The molecule has 3 rings (SSSR count). The molecule has 2 unspecified atom stereocenters. The number of hydrogen-bond donors (Lipinski definition) is 0. The molecule has 4 heteroatoms. The van der Waals surface area contributed by atoms with Gasteiger partial charge in [0.2, 0.25) is 0 Å². The average molecular weight is 245 g/mol. The number of fused-ring (bicyclic) bond motifs is 1. The van der Waals surface area contributed by atoms with Crippen LogP contribution < -0.4 is 0 Å². The molecule has 2 heterocycles. The molecular formula is C15H18B3N. The monoisotopic (exact) mass is 245 g/mol. The Bertz CT molecular complexity index is 562. The number of hydrogen-bond acceptors (Lipinski definition) is 1. The minimum atomic E-state index is 0.544. The second-order valence-electron chi connectivity index (χ2n) is 5.42. The molecule has 1 aromatic carbocycles. The SMILES string of the molecule is B=C1BC(c2ccccc2)BC2C(=C/C)/C(=C\C)N12. The van der Waals surface area contributed by atoms with E-state index < -0.39 is 0 Å². The fourth-order valence-electron chi connectivity index (χ4n) is 3.53. The van der Waals surface area contributed by atoms with Gasteiger partial charge in [-0.25, -0.2) is 0 Å². The van der Waals surface area contributed by atoms with Gasteiger partial charge >= 0.3 is 117 Å². The van der Waals surface area contributed by atoms with Crippen LogP contribution in [0.2, 0.25) is 0 Å². The summed E-state index contributed by atoms with van der Waals surface area (Å²) in [6.45, 7) is 4.26. The van der Waals surface area contributed by atoms with Gasteiger partial charge in [-0.1, -0.05) is 0 Å². The Hall–Kier alpha value is -1.44. The summed E-state index contributed by atoms with van der Waals surface area (Å²) in [4.78, 5) is 2.43. The van der Waals surface area contributed by atoms with Crippen molar-refractivity contribution in [3.05, 3.63) is 59.3 Å². The number of rotatable bonds is 1. The zero-order valence-electron chi connectivity index (χ0n) is 11.8. The number of allylic oxidation sites excluding steroid dienone is 2. The molecule has 1 nitrogen and oxygen atoms in total. The first kappa shape index (κ1) is 12.6. The summed E-state index contributed by atoms with van der Waals surface area (Å²) in [5.74, 6) is 0.544. The van der Waals surface area contributed by atoms with Gasteiger partial charge in [-0.15, -0.1) is 0 Å². The molecule has 0 saturated carbocycles. The van der Waals surface area contributed by atoms with E-state index in [-0.39, 0.29) is 0 Å². The van der Waals surface area contributed by atoms with Crippen LogP contribution in [0, 0.1) is 0 Å². The van der Waals surface area contributed by atoms with Crippen molar-refractivity contribution in [1.82, 2.24) is 4.90 Å². The summed E-state index contributed by atoms with van der Waals surface area (Å²) in [7, 11) is 6.58. The third-order valence-electron chi connectivity index (χ3n) is 4.41. The Morgan fingerprint density at radius 2 is 1.89 bits per heavy atom. The maximum absolute atomic E-state index is 4.30. The van der Waals surface area contributed by atoms with Gasteiger partial charge in [0.1, 0.15) is 0 Å². The van der Waals surface area contributed by atoms with Crippen molar-refractivity contribution in [3.8, 4) is 0 Å². The molecule has 2 saturated heterocycles. The van der Waals surface area contributed by atoms with Crippen molar-refractivity contribution in [2.75, 3.05) is 0 Å². The summed E-state index contributed by atoms with van der Waals surface area (Å²) in [6, 6.07) is 10.9. The second kappa shape index (κ2) is 4.92. The number of nitrogens with zero attached hydrogens (tertiary/aromatic N) is 1. The van der Waals surface area contributed by atoms with E-state index >= 15 is 0 Å². The van der Waals surface area contributed by atoms with Crippen molar-refractivity contribution in [2.24, 2.45) is 0 Å². The van der Waals surface area contributed by atoms with Crippen LogP contribution in [-0.2, 0) is 0 Å². The molecule has 2 atom stereocenters. The third-order valence-corrected chi connectivity index (χ3v) is 4.41.